The number of aromatic nitrogens is 2. The van der Waals surface area contributed by atoms with Gasteiger partial charge in [0.25, 0.3) is 5.91 Å². The van der Waals surface area contributed by atoms with Gasteiger partial charge in [-0.2, -0.15) is 0 Å². The van der Waals surface area contributed by atoms with Gasteiger partial charge in [0.2, 0.25) is 11.0 Å². The van der Waals surface area contributed by atoms with Gasteiger partial charge in [0, 0.05) is 12.1 Å². The molecule has 1 aliphatic heterocycles. The second kappa shape index (κ2) is 7.85. The van der Waals surface area contributed by atoms with Gasteiger partial charge >= 0.3 is 0 Å². The van der Waals surface area contributed by atoms with E-state index in [4.69, 9.17) is 0 Å². The Bertz CT molecular complexity index is 1010. The molecule has 1 fully saturated rings. The van der Waals surface area contributed by atoms with Gasteiger partial charge in [0.1, 0.15) is 16.9 Å². The first-order valence-electron chi connectivity index (χ1n) is 8.89. The van der Waals surface area contributed by atoms with E-state index in [1.807, 2.05) is 30.3 Å². The Kier molecular flexibility index (Phi) is 5.12. The zero-order valence-electron chi connectivity index (χ0n) is 14.8. The first-order chi connectivity index (χ1) is 13.6. The Labute approximate surface area is 165 Å². The van der Waals surface area contributed by atoms with Crippen LogP contribution >= 0.6 is 11.3 Å². The van der Waals surface area contributed by atoms with Crippen molar-refractivity contribution < 1.29 is 14.0 Å². The molecular weight excluding hydrogens is 379 g/mol. The summed E-state index contributed by atoms with van der Waals surface area (Å²) in [5, 5.41) is 11.9. The number of amides is 2. The van der Waals surface area contributed by atoms with Crippen LogP contribution in [-0.2, 0) is 4.79 Å². The number of hydrogen-bond acceptors (Lipinski definition) is 5. The maximum absolute atomic E-state index is 14.0. The van der Waals surface area contributed by atoms with E-state index in [0.717, 1.165) is 5.56 Å². The molecule has 1 atom stereocenters. The van der Waals surface area contributed by atoms with Crippen molar-refractivity contribution >= 4 is 28.3 Å². The van der Waals surface area contributed by atoms with Gasteiger partial charge in [-0.3, -0.25) is 14.9 Å². The minimum Gasteiger partial charge on any atom is -0.327 e. The Morgan fingerprint density at radius 1 is 1.07 bits per heavy atom. The van der Waals surface area contributed by atoms with Gasteiger partial charge in [-0.15, -0.1) is 10.2 Å². The highest BCUT2D eigenvalue weighted by atomic mass is 32.1. The molecule has 6 nitrogen and oxygen atoms in total. The van der Waals surface area contributed by atoms with Crippen molar-refractivity contribution in [3.05, 3.63) is 66.0 Å². The molecule has 2 amide bonds. The lowest BCUT2D eigenvalue weighted by molar-refractivity contribution is -0.119. The van der Waals surface area contributed by atoms with E-state index in [2.05, 4.69) is 15.5 Å². The molecule has 3 aromatic rings. The third-order valence-electron chi connectivity index (χ3n) is 4.60. The fraction of sp³-hybridized carbons (Fsp3) is 0.200. The molecule has 8 heteroatoms. The quantitative estimate of drug-likeness (QED) is 0.731. The minimum absolute atomic E-state index is 0.0236. The SMILES string of the molecule is O=C(Nc1nnc(-c2ccccc2)s1)C1CCCN1C(=O)c1ccccc1F. The lowest BCUT2D eigenvalue weighted by Gasteiger charge is -2.23. The third-order valence-corrected chi connectivity index (χ3v) is 5.48. The molecule has 142 valence electrons. The Hall–Kier alpha value is -3.13. The van der Waals surface area contributed by atoms with Gasteiger partial charge in [-0.25, -0.2) is 4.39 Å². The van der Waals surface area contributed by atoms with Crippen molar-refractivity contribution in [3.63, 3.8) is 0 Å². The van der Waals surface area contributed by atoms with E-state index in [0.29, 0.717) is 29.5 Å². The average Bonchev–Trinajstić information content (AvgIpc) is 3.38. The van der Waals surface area contributed by atoms with Crippen LogP contribution in [0, 0.1) is 5.82 Å². The number of carbonyl (C=O) groups is 2. The summed E-state index contributed by atoms with van der Waals surface area (Å²) in [6, 6.07) is 14.7. The predicted molar refractivity (Wildman–Crippen MR) is 104 cm³/mol. The molecule has 4 rings (SSSR count). The number of anilines is 1. The van der Waals surface area contributed by atoms with Crippen LogP contribution in [0.25, 0.3) is 10.6 Å². The smallest absolute Gasteiger partial charge is 0.257 e. The molecule has 2 aromatic carbocycles. The molecule has 1 saturated heterocycles. The monoisotopic (exact) mass is 396 g/mol. The summed E-state index contributed by atoms with van der Waals surface area (Å²) in [5.41, 5.74) is 0.891. The maximum atomic E-state index is 14.0. The summed E-state index contributed by atoms with van der Waals surface area (Å²) in [4.78, 5) is 26.9. The maximum Gasteiger partial charge on any atom is 0.257 e. The molecule has 28 heavy (non-hydrogen) atoms. The van der Waals surface area contributed by atoms with Gasteiger partial charge < -0.3 is 4.90 Å². The number of carbonyl (C=O) groups excluding carboxylic acids is 2. The topological polar surface area (TPSA) is 75.2 Å². The molecule has 0 spiro atoms. The largest absolute Gasteiger partial charge is 0.327 e. The summed E-state index contributed by atoms with van der Waals surface area (Å²) in [7, 11) is 0. The fourth-order valence-electron chi connectivity index (χ4n) is 3.23. The molecule has 0 bridgehead atoms. The highest BCUT2D eigenvalue weighted by Gasteiger charge is 2.35. The first kappa shape index (κ1) is 18.2. The first-order valence-corrected chi connectivity index (χ1v) is 9.70. The zero-order valence-corrected chi connectivity index (χ0v) is 15.7. The van der Waals surface area contributed by atoms with E-state index >= 15 is 0 Å². The summed E-state index contributed by atoms with van der Waals surface area (Å²) in [6.45, 7) is 0.413. The van der Waals surface area contributed by atoms with Gasteiger partial charge in [-0.05, 0) is 25.0 Å². The van der Waals surface area contributed by atoms with E-state index in [1.165, 1.54) is 34.4 Å². The molecule has 1 aliphatic rings. The summed E-state index contributed by atoms with van der Waals surface area (Å²) in [5.74, 6) is -1.40. The molecule has 0 radical (unpaired) electrons. The van der Waals surface area contributed by atoms with Crippen molar-refractivity contribution in [2.75, 3.05) is 11.9 Å². The van der Waals surface area contributed by atoms with E-state index in [1.54, 1.807) is 6.07 Å². The van der Waals surface area contributed by atoms with Crippen molar-refractivity contribution in [3.8, 4) is 10.6 Å². The number of hydrogen-bond donors (Lipinski definition) is 1. The van der Waals surface area contributed by atoms with Crippen LogP contribution in [-0.4, -0.2) is 39.5 Å². The molecular formula is C20H17FN4O2S. The van der Waals surface area contributed by atoms with E-state index in [9.17, 15) is 14.0 Å². The van der Waals surface area contributed by atoms with Crippen LogP contribution in [0.3, 0.4) is 0 Å². The highest BCUT2D eigenvalue weighted by molar-refractivity contribution is 7.18. The number of rotatable bonds is 4. The Morgan fingerprint density at radius 2 is 1.82 bits per heavy atom. The van der Waals surface area contributed by atoms with Gasteiger partial charge in [-0.1, -0.05) is 53.8 Å². The standard InChI is InChI=1S/C20H17FN4O2S/c21-15-10-5-4-9-14(15)19(27)25-12-6-11-16(25)17(26)22-20-24-23-18(28-20)13-7-2-1-3-8-13/h1-5,7-10,16H,6,11-12H2,(H,22,24,26). The minimum atomic E-state index is -0.656. The molecule has 1 unspecified atom stereocenters. The lowest BCUT2D eigenvalue weighted by atomic mass is 10.1. The van der Waals surface area contributed by atoms with Gasteiger partial charge in [0.15, 0.2) is 0 Å². The van der Waals surface area contributed by atoms with Crippen LogP contribution < -0.4 is 5.32 Å². The second-order valence-corrected chi connectivity index (χ2v) is 7.38. The molecule has 0 aliphatic carbocycles. The number of nitrogens with zero attached hydrogens (tertiary/aromatic N) is 3. The number of halogens is 1. The summed E-state index contributed by atoms with van der Waals surface area (Å²) in [6.07, 6.45) is 1.21. The Balaban J connectivity index is 1.48. The van der Waals surface area contributed by atoms with Crippen molar-refractivity contribution in [1.29, 1.82) is 0 Å². The van der Waals surface area contributed by atoms with Gasteiger partial charge in [0.05, 0.1) is 5.56 Å². The third kappa shape index (κ3) is 3.63. The molecule has 1 aromatic heterocycles. The number of likely N-dealkylation sites (tertiary alicyclic amines) is 1. The van der Waals surface area contributed by atoms with E-state index < -0.39 is 17.8 Å². The average molecular weight is 396 g/mol. The molecule has 0 saturated carbocycles. The second-order valence-electron chi connectivity index (χ2n) is 6.40. The molecule has 2 heterocycles. The zero-order chi connectivity index (χ0) is 19.5. The number of nitrogens with one attached hydrogen (secondary N) is 1. The predicted octanol–water partition coefficient (Wildman–Crippen LogP) is 3.59. The number of benzene rings is 2. The normalized spacial score (nSPS) is 16.2. The van der Waals surface area contributed by atoms with Crippen molar-refractivity contribution in [2.45, 2.75) is 18.9 Å². The summed E-state index contributed by atoms with van der Waals surface area (Å²) >= 11 is 1.26. The van der Waals surface area contributed by atoms with E-state index in [-0.39, 0.29) is 11.5 Å². The van der Waals surface area contributed by atoms with Crippen LogP contribution in [0.4, 0.5) is 9.52 Å². The van der Waals surface area contributed by atoms with Crippen LogP contribution in [0.1, 0.15) is 23.2 Å². The summed E-state index contributed by atoms with van der Waals surface area (Å²) < 4.78 is 14.0. The van der Waals surface area contributed by atoms with Crippen LogP contribution in [0.5, 0.6) is 0 Å². The molecule has 1 N–H and O–H groups in total. The highest BCUT2D eigenvalue weighted by Crippen LogP contribution is 2.27. The fourth-order valence-corrected chi connectivity index (χ4v) is 3.98. The van der Waals surface area contributed by atoms with Crippen molar-refractivity contribution in [2.24, 2.45) is 0 Å². The lowest BCUT2D eigenvalue weighted by Crippen LogP contribution is -2.43. The van der Waals surface area contributed by atoms with Crippen LogP contribution in [0.15, 0.2) is 54.6 Å². The van der Waals surface area contributed by atoms with Crippen molar-refractivity contribution in [1.82, 2.24) is 15.1 Å². The Morgan fingerprint density at radius 3 is 2.61 bits per heavy atom. The van der Waals surface area contributed by atoms with Crippen LogP contribution in [0.2, 0.25) is 0 Å².